The maximum absolute atomic E-state index is 12.6. The highest BCUT2D eigenvalue weighted by atomic mass is 16.5. The van der Waals surface area contributed by atoms with Gasteiger partial charge in [-0.3, -0.25) is 4.79 Å². The second-order valence-electron chi connectivity index (χ2n) is 6.95. The van der Waals surface area contributed by atoms with Gasteiger partial charge < -0.3 is 14.6 Å². The Morgan fingerprint density at radius 2 is 2.12 bits per heavy atom. The van der Waals surface area contributed by atoms with E-state index in [1.807, 2.05) is 26.8 Å². The Kier molecular flexibility index (Phi) is 4.30. The zero-order valence-electron chi connectivity index (χ0n) is 14.5. The lowest BCUT2D eigenvalue weighted by atomic mass is 10.0. The Morgan fingerprint density at radius 1 is 1.38 bits per heavy atom. The summed E-state index contributed by atoms with van der Waals surface area (Å²) in [5.74, 6) is 2.16. The number of aryl methyl sites for hydroxylation is 2. The summed E-state index contributed by atoms with van der Waals surface area (Å²) in [6.07, 6.45) is 2.47. The van der Waals surface area contributed by atoms with E-state index < -0.39 is 5.54 Å². The summed E-state index contributed by atoms with van der Waals surface area (Å²) in [5, 5.41) is 6.84. The van der Waals surface area contributed by atoms with Crippen molar-refractivity contribution in [2.24, 2.45) is 5.92 Å². The van der Waals surface area contributed by atoms with E-state index in [4.69, 9.17) is 9.26 Å². The zero-order chi connectivity index (χ0) is 17.3. The fourth-order valence-electron chi connectivity index (χ4n) is 2.35. The van der Waals surface area contributed by atoms with Crippen LogP contribution in [0.1, 0.15) is 54.3 Å². The van der Waals surface area contributed by atoms with Crippen LogP contribution in [0.3, 0.4) is 0 Å². The average Bonchev–Trinajstić information content (AvgIpc) is 3.24. The first-order valence-electron chi connectivity index (χ1n) is 8.22. The van der Waals surface area contributed by atoms with E-state index in [0.717, 1.165) is 17.9 Å². The van der Waals surface area contributed by atoms with Gasteiger partial charge in [0.1, 0.15) is 5.75 Å². The molecule has 0 unspecified atom stereocenters. The van der Waals surface area contributed by atoms with Gasteiger partial charge in [-0.25, -0.2) is 0 Å². The molecular weight excluding hydrogens is 306 g/mol. The van der Waals surface area contributed by atoms with Crippen molar-refractivity contribution in [2.75, 3.05) is 6.61 Å². The van der Waals surface area contributed by atoms with Gasteiger partial charge in [-0.15, -0.1) is 0 Å². The van der Waals surface area contributed by atoms with Crippen LogP contribution in [0.15, 0.2) is 22.7 Å². The molecule has 1 aliphatic carbocycles. The van der Waals surface area contributed by atoms with E-state index in [9.17, 15) is 4.79 Å². The first kappa shape index (κ1) is 16.5. The number of amides is 1. The smallest absolute Gasteiger partial charge is 0.252 e. The Morgan fingerprint density at radius 3 is 2.75 bits per heavy atom. The van der Waals surface area contributed by atoms with Crippen LogP contribution in [-0.2, 0) is 5.54 Å². The number of hydrogen-bond donors (Lipinski definition) is 1. The Hall–Kier alpha value is -2.37. The second-order valence-corrected chi connectivity index (χ2v) is 6.95. The van der Waals surface area contributed by atoms with Gasteiger partial charge >= 0.3 is 0 Å². The highest BCUT2D eigenvalue weighted by Crippen LogP contribution is 2.30. The number of nitrogens with one attached hydrogen (secondary N) is 1. The molecule has 1 N–H and O–H groups in total. The Labute approximate surface area is 141 Å². The van der Waals surface area contributed by atoms with Crippen molar-refractivity contribution in [3.05, 3.63) is 41.0 Å². The summed E-state index contributed by atoms with van der Waals surface area (Å²) in [4.78, 5) is 16.8. The molecule has 6 nitrogen and oxygen atoms in total. The minimum atomic E-state index is -0.727. The standard InChI is InChI=1S/C18H23N3O3/c1-11-5-8-14(9-15(11)23-10-13-6-7-13)16(22)20-18(3,4)17-19-12(2)24-21-17/h5,8-9,13H,6-7,10H2,1-4H3,(H,20,22). The molecule has 1 aliphatic rings. The molecule has 128 valence electrons. The van der Waals surface area contributed by atoms with Crippen molar-refractivity contribution < 1.29 is 14.1 Å². The molecule has 1 aromatic carbocycles. The van der Waals surface area contributed by atoms with Crippen LogP contribution < -0.4 is 10.1 Å². The lowest BCUT2D eigenvalue weighted by molar-refractivity contribution is 0.0907. The highest BCUT2D eigenvalue weighted by molar-refractivity contribution is 5.95. The number of rotatable bonds is 6. The predicted molar refractivity (Wildman–Crippen MR) is 88.9 cm³/mol. The molecule has 0 radical (unpaired) electrons. The monoisotopic (exact) mass is 329 g/mol. The number of benzene rings is 1. The predicted octanol–water partition coefficient (Wildman–Crippen LogP) is 3.14. The molecule has 2 aromatic rings. The molecule has 1 heterocycles. The van der Waals surface area contributed by atoms with Crippen LogP contribution in [0.25, 0.3) is 0 Å². The van der Waals surface area contributed by atoms with E-state index in [2.05, 4.69) is 15.5 Å². The van der Waals surface area contributed by atoms with Crippen LogP contribution in [0.5, 0.6) is 5.75 Å². The first-order valence-corrected chi connectivity index (χ1v) is 8.22. The van der Waals surface area contributed by atoms with E-state index in [0.29, 0.717) is 23.2 Å². The summed E-state index contributed by atoms with van der Waals surface area (Å²) in [7, 11) is 0. The number of aromatic nitrogens is 2. The van der Waals surface area contributed by atoms with Crippen LogP contribution >= 0.6 is 0 Å². The first-order chi connectivity index (χ1) is 11.3. The summed E-state index contributed by atoms with van der Waals surface area (Å²) in [5.41, 5.74) is 0.856. The molecule has 1 fully saturated rings. The quantitative estimate of drug-likeness (QED) is 0.881. The summed E-state index contributed by atoms with van der Waals surface area (Å²) in [6.45, 7) is 8.11. The molecule has 0 spiro atoms. The zero-order valence-corrected chi connectivity index (χ0v) is 14.5. The van der Waals surface area contributed by atoms with Crippen LogP contribution in [-0.4, -0.2) is 22.7 Å². The van der Waals surface area contributed by atoms with Gasteiger partial charge in [-0.1, -0.05) is 11.2 Å². The van der Waals surface area contributed by atoms with E-state index in [-0.39, 0.29) is 5.91 Å². The van der Waals surface area contributed by atoms with Crippen molar-refractivity contribution in [2.45, 2.75) is 46.1 Å². The van der Waals surface area contributed by atoms with Crippen LogP contribution in [0, 0.1) is 19.8 Å². The molecule has 0 atom stereocenters. The molecular formula is C18H23N3O3. The van der Waals surface area contributed by atoms with Gasteiger partial charge in [0.2, 0.25) is 5.89 Å². The average molecular weight is 329 g/mol. The third-order valence-corrected chi connectivity index (χ3v) is 4.13. The Balaban J connectivity index is 1.72. The van der Waals surface area contributed by atoms with Crippen molar-refractivity contribution in [3.8, 4) is 5.75 Å². The van der Waals surface area contributed by atoms with Crippen molar-refractivity contribution in [1.29, 1.82) is 0 Å². The third-order valence-electron chi connectivity index (χ3n) is 4.13. The maximum Gasteiger partial charge on any atom is 0.252 e. The van der Waals surface area contributed by atoms with Crippen LogP contribution in [0.4, 0.5) is 0 Å². The largest absolute Gasteiger partial charge is 0.493 e. The molecule has 0 aliphatic heterocycles. The van der Waals surface area contributed by atoms with E-state index >= 15 is 0 Å². The minimum Gasteiger partial charge on any atom is -0.493 e. The summed E-state index contributed by atoms with van der Waals surface area (Å²) < 4.78 is 10.9. The molecule has 1 aromatic heterocycles. The van der Waals surface area contributed by atoms with Gasteiger partial charge in [0.15, 0.2) is 5.82 Å². The lowest BCUT2D eigenvalue weighted by Crippen LogP contribution is -2.41. The van der Waals surface area contributed by atoms with Gasteiger partial charge in [0.05, 0.1) is 12.1 Å². The molecule has 0 bridgehead atoms. The van der Waals surface area contributed by atoms with Gasteiger partial charge in [0.25, 0.3) is 5.91 Å². The van der Waals surface area contributed by atoms with Crippen molar-refractivity contribution in [1.82, 2.24) is 15.5 Å². The molecule has 1 saturated carbocycles. The fraction of sp³-hybridized carbons (Fsp3) is 0.500. The highest BCUT2D eigenvalue weighted by Gasteiger charge is 2.29. The fourth-order valence-corrected chi connectivity index (χ4v) is 2.35. The van der Waals surface area contributed by atoms with Crippen LogP contribution in [0.2, 0.25) is 0 Å². The number of nitrogens with zero attached hydrogens (tertiary/aromatic N) is 2. The lowest BCUT2D eigenvalue weighted by Gasteiger charge is -2.22. The molecule has 0 saturated heterocycles. The van der Waals surface area contributed by atoms with Gasteiger partial charge in [0, 0.05) is 12.5 Å². The molecule has 3 rings (SSSR count). The minimum absolute atomic E-state index is 0.196. The van der Waals surface area contributed by atoms with E-state index in [1.165, 1.54) is 12.8 Å². The molecule has 1 amide bonds. The van der Waals surface area contributed by atoms with E-state index in [1.54, 1.807) is 19.1 Å². The summed E-state index contributed by atoms with van der Waals surface area (Å²) >= 11 is 0. The SMILES string of the molecule is Cc1nc(C(C)(C)NC(=O)c2ccc(C)c(OCC3CC3)c2)no1. The topological polar surface area (TPSA) is 77.2 Å². The third kappa shape index (κ3) is 3.75. The summed E-state index contributed by atoms with van der Waals surface area (Å²) in [6, 6.07) is 5.50. The van der Waals surface area contributed by atoms with Crippen molar-refractivity contribution in [3.63, 3.8) is 0 Å². The normalized spacial score (nSPS) is 14.5. The Bertz CT molecular complexity index is 748. The maximum atomic E-state index is 12.6. The molecule has 6 heteroatoms. The number of hydrogen-bond acceptors (Lipinski definition) is 5. The van der Waals surface area contributed by atoms with Crippen molar-refractivity contribution >= 4 is 5.91 Å². The number of carbonyl (C=O) groups excluding carboxylic acids is 1. The molecule has 24 heavy (non-hydrogen) atoms. The van der Waals surface area contributed by atoms with Gasteiger partial charge in [-0.2, -0.15) is 4.98 Å². The second kappa shape index (κ2) is 6.26. The number of carbonyl (C=O) groups is 1. The van der Waals surface area contributed by atoms with Gasteiger partial charge in [-0.05, 0) is 57.2 Å². The number of ether oxygens (including phenoxy) is 1.